The van der Waals surface area contributed by atoms with Crippen LogP contribution in [0.5, 0.6) is 11.5 Å². The van der Waals surface area contributed by atoms with Crippen LogP contribution in [-0.2, 0) is 11.3 Å². The molecule has 3 rings (SSSR count). The molecule has 3 N–H and O–H groups in total. The Morgan fingerprint density at radius 2 is 1.88 bits per heavy atom. The molecule has 1 unspecified atom stereocenters. The Hall–Kier alpha value is -2.49. The second-order valence-electron chi connectivity index (χ2n) is 8.10. The summed E-state index contributed by atoms with van der Waals surface area (Å²) in [6.07, 6.45) is 2.12. The van der Waals surface area contributed by atoms with Gasteiger partial charge in [0.25, 0.3) is 5.91 Å². The standard InChI is InChI=1S/C25H34N4O3.HI/c1-4-26-25(27-15-19(3)32-23-10-5-7-18(2)13-23)28-16-20-8-6-9-22(14-20)31-17-24(30)29-21-11-12-21;/h5-10,13-14,19,21H,4,11-12,15-17H2,1-3H3,(H,29,30)(H2,26,27,28);1H. The van der Waals surface area contributed by atoms with Crippen molar-refractivity contribution in [3.8, 4) is 11.5 Å². The summed E-state index contributed by atoms with van der Waals surface area (Å²) < 4.78 is 11.6. The number of aryl methyl sites for hydroxylation is 1. The summed E-state index contributed by atoms with van der Waals surface area (Å²) in [5.41, 5.74) is 2.18. The molecule has 0 aromatic heterocycles. The summed E-state index contributed by atoms with van der Waals surface area (Å²) in [5.74, 6) is 2.18. The summed E-state index contributed by atoms with van der Waals surface area (Å²) in [4.78, 5) is 16.5. The lowest BCUT2D eigenvalue weighted by molar-refractivity contribution is -0.123. The van der Waals surface area contributed by atoms with Crippen LogP contribution in [0.25, 0.3) is 0 Å². The van der Waals surface area contributed by atoms with Crippen molar-refractivity contribution in [2.75, 3.05) is 19.7 Å². The highest BCUT2D eigenvalue weighted by Crippen LogP contribution is 2.19. The Morgan fingerprint density at radius 3 is 2.61 bits per heavy atom. The smallest absolute Gasteiger partial charge is 0.258 e. The number of amides is 1. The van der Waals surface area contributed by atoms with Gasteiger partial charge in [-0.25, -0.2) is 4.99 Å². The maximum absolute atomic E-state index is 11.8. The van der Waals surface area contributed by atoms with E-state index in [-0.39, 0.29) is 42.6 Å². The monoisotopic (exact) mass is 566 g/mol. The van der Waals surface area contributed by atoms with Gasteiger partial charge in [0.05, 0.1) is 13.1 Å². The zero-order valence-electron chi connectivity index (χ0n) is 19.6. The van der Waals surface area contributed by atoms with Gasteiger partial charge < -0.3 is 25.4 Å². The normalized spacial score (nSPS) is 14.0. The molecule has 1 amide bonds. The minimum atomic E-state index is -0.0726. The highest BCUT2D eigenvalue weighted by Gasteiger charge is 2.23. The van der Waals surface area contributed by atoms with Gasteiger partial charge in [0, 0.05) is 12.6 Å². The number of aliphatic imine (C=N–C) groups is 1. The van der Waals surface area contributed by atoms with Gasteiger partial charge in [-0.15, -0.1) is 24.0 Å². The number of hydrogen-bond donors (Lipinski definition) is 3. The molecule has 0 heterocycles. The van der Waals surface area contributed by atoms with Crippen molar-refractivity contribution in [2.24, 2.45) is 4.99 Å². The first-order valence-corrected chi connectivity index (χ1v) is 11.3. The number of halogens is 1. The Morgan fingerprint density at radius 1 is 1.12 bits per heavy atom. The van der Waals surface area contributed by atoms with Crippen LogP contribution in [0.2, 0.25) is 0 Å². The van der Waals surface area contributed by atoms with Crippen LogP contribution in [0.15, 0.2) is 53.5 Å². The second-order valence-corrected chi connectivity index (χ2v) is 8.10. The third-order valence-electron chi connectivity index (χ3n) is 4.86. The van der Waals surface area contributed by atoms with Crippen molar-refractivity contribution in [1.29, 1.82) is 0 Å². The number of carbonyl (C=O) groups is 1. The molecule has 0 saturated heterocycles. The molecule has 1 aliphatic carbocycles. The number of carbonyl (C=O) groups excluding carboxylic acids is 1. The fraction of sp³-hybridized carbons (Fsp3) is 0.440. The zero-order valence-corrected chi connectivity index (χ0v) is 21.9. The Labute approximate surface area is 213 Å². The molecule has 33 heavy (non-hydrogen) atoms. The van der Waals surface area contributed by atoms with Crippen molar-refractivity contribution >= 4 is 35.8 Å². The first kappa shape index (κ1) is 26.8. The molecule has 1 atom stereocenters. The van der Waals surface area contributed by atoms with Crippen LogP contribution in [0.1, 0.15) is 37.8 Å². The largest absolute Gasteiger partial charge is 0.489 e. The van der Waals surface area contributed by atoms with Crippen molar-refractivity contribution in [2.45, 2.75) is 52.3 Å². The summed E-state index contributed by atoms with van der Waals surface area (Å²) in [6.45, 7) is 8.02. The Kier molecular flexibility index (Phi) is 11.3. The lowest BCUT2D eigenvalue weighted by Gasteiger charge is -2.18. The summed E-state index contributed by atoms with van der Waals surface area (Å²) >= 11 is 0. The average molecular weight is 566 g/mol. The molecule has 0 radical (unpaired) electrons. The van der Waals surface area contributed by atoms with E-state index in [1.807, 2.05) is 56.3 Å². The molecule has 1 saturated carbocycles. The zero-order chi connectivity index (χ0) is 22.8. The Balaban J connectivity index is 0.00000385. The number of benzene rings is 2. The molecule has 2 aromatic rings. The third kappa shape index (κ3) is 10.3. The SMILES string of the molecule is CCNC(=NCc1cccc(OCC(=O)NC2CC2)c1)NCC(C)Oc1cccc(C)c1.I. The summed E-state index contributed by atoms with van der Waals surface area (Å²) in [6, 6.07) is 16.1. The number of guanidine groups is 1. The minimum Gasteiger partial charge on any atom is -0.489 e. The van der Waals surface area contributed by atoms with Crippen LogP contribution in [0.4, 0.5) is 0 Å². The molecule has 0 aliphatic heterocycles. The van der Waals surface area contributed by atoms with Gasteiger partial charge >= 0.3 is 0 Å². The van der Waals surface area contributed by atoms with Crippen molar-refractivity contribution < 1.29 is 14.3 Å². The number of ether oxygens (including phenoxy) is 2. The lowest BCUT2D eigenvalue weighted by Crippen LogP contribution is -2.41. The topological polar surface area (TPSA) is 84.0 Å². The molecule has 2 aromatic carbocycles. The minimum absolute atomic E-state index is 0. The molecular weight excluding hydrogens is 531 g/mol. The van der Waals surface area contributed by atoms with Gasteiger partial charge in [0.2, 0.25) is 0 Å². The Bertz CT molecular complexity index is 918. The van der Waals surface area contributed by atoms with Gasteiger partial charge in [0.15, 0.2) is 12.6 Å². The van der Waals surface area contributed by atoms with Gasteiger partial charge in [-0.1, -0.05) is 24.3 Å². The van der Waals surface area contributed by atoms with Crippen LogP contribution in [-0.4, -0.2) is 43.7 Å². The van der Waals surface area contributed by atoms with Gasteiger partial charge in [-0.3, -0.25) is 4.79 Å². The van der Waals surface area contributed by atoms with Crippen LogP contribution in [0, 0.1) is 6.92 Å². The third-order valence-corrected chi connectivity index (χ3v) is 4.86. The van der Waals surface area contributed by atoms with E-state index >= 15 is 0 Å². The van der Waals surface area contributed by atoms with Gasteiger partial charge in [0.1, 0.15) is 17.6 Å². The molecule has 7 nitrogen and oxygen atoms in total. The highest BCUT2D eigenvalue weighted by molar-refractivity contribution is 14.0. The van der Waals surface area contributed by atoms with Crippen molar-refractivity contribution in [3.63, 3.8) is 0 Å². The fourth-order valence-electron chi connectivity index (χ4n) is 3.09. The number of nitrogens with zero attached hydrogens (tertiary/aromatic N) is 1. The van der Waals surface area contributed by atoms with E-state index in [2.05, 4.69) is 33.9 Å². The summed E-state index contributed by atoms with van der Waals surface area (Å²) in [5, 5.41) is 9.51. The van der Waals surface area contributed by atoms with Gasteiger partial charge in [-0.05, 0) is 69.0 Å². The quantitative estimate of drug-likeness (QED) is 0.219. The molecule has 0 spiro atoms. The maximum atomic E-state index is 11.8. The predicted octanol–water partition coefficient (Wildman–Crippen LogP) is 3.79. The van der Waals surface area contributed by atoms with E-state index in [1.54, 1.807) is 0 Å². The number of nitrogens with one attached hydrogen (secondary N) is 3. The van der Waals surface area contributed by atoms with Gasteiger partial charge in [-0.2, -0.15) is 0 Å². The van der Waals surface area contributed by atoms with Crippen LogP contribution in [0.3, 0.4) is 0 Å². The van der Waals surface area contributed by atoms with Crippen LogP contribution >= 0.6 is 24.0 Å². The molecule has 1 aliphatic rings. The molecule has 180 valence electrons. The average Bonchev–Trinajstić information content (AvgIpc) is 3.58. The lowest BCUT2D eigenvalue weighted by atomic mass is 10.2. The van der Waals surface area contributed by atoms with E-state index < -0.39 is 0 Å². The fourth-order valence-corrected chi connectivity index (χ4v) is 3.09. The predicted molar refractivity (Wildman–Crippen MR) is 143 cm³/mol. The maximum Gasteiger partial charge on any atom is 0.258 e. The molecule has 1 fully saturated rings. The number of hydrogen-bond acceptors (Lipinski definition) is 4. The van der Waals surface area contributed by atoms with E-state index in [1.165, 1.54) is 5.56 Å². The molecule has 8 heteroatoms. The second kappa shape index (κ2) is 13.9. The number of rotatable bonds is 11. The summed E-state index contributed by atoms with van der Waals surface area (Å²) in [7, 11) is 0. The molecule has 0 bridgehead atoms. The highest BCUT2D eigenvalue weighted by atomic mass is 127. The van der Waals surface area contributed by atoms with E-state index in [9.17, 15) is 4.79 Å². The van der Waals surface area contributed by atoms with Crippen molar-refractivity contribution in [1.82, 2.24) is 16.0 Å². The molecular formula is C25H35IN4O3. The van der Waals surface area contributed by atoms with E-state index in [0.717, 1.165) is 36.7 Å². The van der Waals surface area contributed by atoms with Crippen LogP contribution < -0.4 is 25.4 Å². The first-order chi connectivity index (χ1) is 15.5. The van der Waals surface area contributed by atoms with E-state index in [0.29, 0.717) is 24.9 Å². The van der Waals surface area contributed by atoms with Crippen molar-refractivity contribution in [3.05, 3.63) is 59.7 Å². The van der Waals surface area contributed by atoms with E-state index in [4.69, 9.17) is 9.47 Å². The first-order valence-electron chi connectivity index (χ1n) is 11.3.